The number of methoxy groups -OCH3 is 1. The standard InChI is InChI=1S/C23H25F3N4O3/c1-13(14(2)20-7-6-16(32-5)9-28-20)12-33-22-18(10-27-15(3)29-22)17-8-21(31)30(4)11-19(17)23(24,25)26/h6-11,13-14H,12H2,1-5H3/t13?,14-/m0/s1. The van der Waals surface area contributed by atoms with Gasteiger partial charge >= 0.3 is 6.18 Å². The van der Waals surface area contributed by atoms with Crippen LogP contribution < -0.4 is 15.0 Å². The maximum atomic E-state index is 13.7. The molecule has 0 saturated heterocycles. The van der Waals surface area contributed by atoms with Gasteiger partial charge in [0.25, 0.3) is 5.56 Å². The van der Waals surface area contributed by atoms with Crippen LogP contribution in [0.3, 0.4) is 0 Å². The summed E-state index contributed by atoms with van der Waals surface area (Å²) >= 11 is 0. The molecule has 2 atom stereocenters. The molecule has 33 heavy (non-hydrogen) atoms. The van der Waals surface area contributed by atoms with E-state index in [1.54, 1.807) is 20.2 Å². The first-order chi connectivity index (χ1) is 15.5. The Kier molecular flexibility index (Phi) is 7.04. The minimum Gasteiger partial charge on any atom is -0.495 e. The molecule has 0 aliphatic rings. The van der Waals surface area contributed by atoms with Crippen LogP contribution in [0.1, 0.15) is 36.8 Å². The second-order valence-electron chi connectivity index (χ2n) is 7.88. The van der Waals surface area contributed by atoms with Crippen LogP contribution in [-0.4, -0.2) is 33.2 Å². The average molecular weight is 462 g/mol. The van der Waals surface area contributed by atoms with Crippen LogP contribution in [0, 0.1) is 12.8 Å². The Morgan fingerprint density at radius 1 is 1.12 bits per heavy atom. The summed E-state index contributed by atoms with van der Waals surface area (Å²) in [5.41, 5.74) is -1.04. The van der Waals surface area contributed by atoms with E-state index in [0.29, 0.717) is 11.6 Å². The zero-order valence-corrected chi connectivity index (χ0v) is 19.0. The van der Waals surface area contributed by atoms with Gasteiger partial charge in [-0.2, -0.15) is 18.2 Å². The summed E-state index contributed by atoms with van der Waals surface area (Å²) in [6, 6.07) is 4.60. The molecule has 0 aliphatic carbocycles. The minimum absolute atomic E-state index is 0.00274. The summed E-state index contributed by atoms with van der Waals surface area (Å²) in [5, 5.41) is 0. The second-order valence-corrected chi connectivity index (χ2v) is 7.88. The highest BCUT2D eigenvalue weighted by atomic mass is 19.4. The summed E-state index contributed by atoms with van der Waals surface area (Å²) in [7, 11) is 2.82. The maximum Gasteiger partial charge on any atom is 0.418 e. The second kappa shape index (κ2) is 9.60. The Balaban J connectivity index is 1.91. The topological polar surface area (TPSA) is 79.1 Å². The van der Waals surface area contributed by atoms with Gasteiger partial charge in [-0.25, -0.2) is 4.98 Å². The zero-order valence-electron chi connectivity index (χ0n) is 19.0. The van der Waals surface area contributed by atoms with Crippen molar-refractivity contribution in [1.29, 1.82) is 0 Å². The van der Waals surface area contributed by atoms with Gasteiger partial charge in [-0.05, 0) is 25.0 Å². The number of hydrogen-bond donors (Lipinski definition) is 0. The normalized spacial score (nSPS) is 13.5. The van der Waals surface area contributed by atoms with Crippen LogP contribution in [0.4, 0.5) is 13.2 Å². The van der Waals surface area contributed by atoms with Crippen molar-refractivity contribution in [2.45, 2.75) is 32.9 Å². The lowest BCUT2D eigenvalue weighted by Gasteiger charge is -2.21. The summed E-state index contributed by atoms with van der Waals surface area (Å²) in [6.07, 6.45) is -1.03. The van der Waals surface area contributed by atoms with Crippen molar-refractivity contribution in [3.05, 3.63) is 64.2 Å². The first kappa shape index (κ1) is 24.2. The van der Waals surface area contributed by atoms with E-state index in [2.05, 4.69) is 15.0 Å². The van der Waals surface area contributed by atoms with E-state index in [1.165, 1.54) is 13.2 Å². The third-order valence-corrected chi connectivity index (χ3v) is 5.50. The smallest absolute Gasteiger partial charge is 0.418 e. The molecule has 176 valence electrons. The van der Waals surface area contributed by atoms with Crippen LogP contribution in [0.5, 0.6) is 11.6 Å². The van der Waals surface area contributed by atoms with Crippen LogP contribution >= 0.6 is 0 Å². The number of nitrogens with zero attached hydrogens (tertiary/aromatic N) is 4. The maximum absolute atomic E-state index is 13.7. The molecule has 3 aromatic heterocycles. The molecule has 0 saturated carbocycles. The van der Waals surface area contributed by atoms with E-state index in [0.717, 1.165) is 22.5 Å². The van der Waals surface area contributed by atoms with Gasteiger partial charge in [0.1, 0.15) is 11.6 Å². The van der Waals surface area contributed by atoms with Crippen LogP contribution in [0.15, 0.2) is 41.6 Å². The van der Waals surface area contributed by atoms with E-state index in [1.807, 2.05) is 26.0 Å². The fraction of sp³-hybridized carbons (Fsp3) is 0.391. The predicted molar refractivity (Wildman–Crippen MR) is 116 cm³/mol. The van der Waals surface area contributed by atoms with E-state index >= 15 is 0 Å². The highest BCUT2D eigenvalue weighted by Crippen LogP contribution is 2.39. The average Bonchev–Trinajstić information content (AvgIpc) is 2.78. The van der Waals surface area contributed by atoms with E-state index in [4.69, 9.17) is 9.47 Å². The molecule has 0 N–H and O–H groups in total. The highest BCUT2D eigenvalue weighted by molar-refractivity contribution is 5.71. The van der Waals surface area contributed by atoms with Gasteiger partial charge in [0.05, 0.1) is 31.0 Å². The third-order valence-electron chi connectivity index (χ3n) is 5.50. The Bertz CT molecular complexity index is 1180. The number of halogens is 3. The minimum atomic E-state index is -4.68. The number of hydrogen-bond acceptors (Lipinski definition) is 6. The number of ether oxygens (including phenoxy) is 2. The monoisotopic (exact) mass is 462 g/mol. The lowest BCUT2D eigenvalue weighted by molar-refractivity contribution is -0.137. The largest absolute Gasteiger partial charge is 0.495 e. The van der Waals surface area contributed by atoms with Gasteiger partial charge in [0.2, 0.25) is 5.88 Å². The van der Waals surface area contributed by atoms with Crippen molar-refractivity contribution in [3.8, 4) is 22.8 Å². The molecule has 0 spiro atoms. The molecule has 0 aliphatic heterocycles. The van der Waals surface area contributed by atoms with E-state index < -0.39 is 17.3 Å². The van der Waals surface area contributed by atoms with Gasteiger partial charge in [0, 0.05) is 42.7 Å². The highest BCUT2D eigenvalue weighted by Gasteiger charge is 2.35. The summed E-state index contributed by atoms with van der Waals surface area (Å²) in [4.78, 5) is 24.8. The van der Waals surface area contributed by atoms with Crippen molar-refractivity contribution in [1.82, 2.24) is 19.5 Å². The van der Waals surface area contributed by atoms with Crippen molar-refractivity contribution in [2.75, 3.05) is 13.7 Å². The quantitative estimate of drug-likeness (QED) is 0.518. The van der Waals surface area contributed by atoms with Gasteiger partial charge in [-0.3, -0.25) is 9.78 Å². The van der Waals surface area contributed by atoms with Crippen molar-refractivity contribution in [3.63, 3.8) is 0 Å². The molecule has 1 unspecified atom stereocenters. The van der Waals surface area contributed by atoms with E-state index in [-0.39, 0.29) is 35.4 Å². The number of pyridine rings is 2. The number of alkyl halides is 3. The van der Waals surface area contributed by atoms with Gasteiger partial charge < -0.3 is 14.0 Å². The van der Waals surface area contributed by atoms with Crippen LogP contribution in [0.25, 0.3) is 11.1 Å². The number of aryl methyl sites for hydroxylation is 2. The zero-order chi connectivity index (χ0) is 24.3. The lowest BCUT2D eigenvalue weighted by Crippen LogP contribution is -2.21. The Morgan fingerprint density at radius 2 is 1.85 bits per heavy atom. The molecule has 10 heteroatoms. The molecule has 0 bridgehead atoms. The molecule has 0 aromatic carbocycles. The molecule has 0 radical (unpaired) electrons. The fourth-order valence-corrected chi connectivity index (χ4v) is 3.25. The van der Waals surface area contributed by atoms with Crippen molar-refractivity contribution in [2.24, 2.45) is 13.0 Å². The third kappa shape index (κ3) is 5.50. The SMILES string of the molecule is COc1ccc([C@@H](C)C(C)COc2nc(C)ncc2-c2cc(=O)n(C)cc2C(F)(F)F)nc1. The molecule has 3 heterocycles. The Morgan fingerprint density at radius 3 is 2.45 bits per heavy atom. The molecule has 0 amide bonds. The van der Waals surface area contributed by atoms with Gasteiger partial charge in [-0.1, -0.05) is 13.8 Å². The number of rotatable bonds is 7. The molecule has 0 fully saturated rings. The molecule has 3 aromatic rings. The van der Waals surface area contributed by atoms with Gasteiger partial charge in [0.15, 0.2) is 0 Å². The Labute approximate surface area is 189 Å². The van der Waals surface area contributed by atoms with Gasteiger partial charge in [-0.15, -0.1) is 0 Å². The fourth-order valence-electron chi connectivity index (χ4n) is 3.25. The molecule has 7 nitrogen and oxygen atoms in total. The molecular weight excluding hydrogens is 437 g/mol. The number of aromatic nitrogens is 4. The molecular formula is C23H25F3N4O3. The van der Waals surface area contributed by atoms with Crippen LogP contribution in [-0.2, 0) is 13.2 Å². The van der Waals surface area contributed by atoms with Crippen molar-refractivity contribution >= 4 is 0 Å². The Hall–Kier alpha value is -3.43. The first-order valence-electron chi connectivity index (χ1n) is 10.3. The molecule has 3 rings (SSSR count). The first-order valence-corrected chi connectivity index (χ1v) is 10.3. The summed E-state index contributed by atoms with van der Waals surface area (Å²) in [6.45, 7) is 5.71. The van der Waals surface area contributed by atoms with Crippen molar-refractivity contribution < 1.29 is 22.6 Å². The van der Waals surface area contributed by atoms with Crippen LogP contribution in [0.2, 0.25) is 0 Å². The lowest BCUT2D eigenvalue weighted by atomic mass is 9.93. The summed E-state index contributed by atoms with van der Waals surface area (Å²) in [5.74, 6) is 0.925. The summed E-state index contributed by atoms with van der Waals surface area (Å²) < 4.78 is 53.0. The van der Waals surface area contributed by atoms with E-state index in [9.17, 15) is 18.0 Å². The predicted octanol–water partition coefficient (Wildman–Crippen LogP) is 4.39.